The lowest BCUT2D eigenvalue weighted by Gasteiger charge is -2.09. The molecular formula is C17H18N2O2S. The molecule has 0 aliphatic rings. The van der Waals surface area contributed by atoms with E-state index in [1.807, 2.05) is 50.2 Å². The van der Waals surface area contributed by atoms with Crippen LogP contribution in [0.5, 0.6) is 0 Å². The van der Waals surface area contributed by atoms with Gasteiger partial charge in [0.2, 0.25) is 0 Å². The molecule has 0 atom stereocenters. The van der Waals surface area contributed by atoms with Gasteiger partial charge in [0.15, 0.2) is 5.11 Å². The highest BCUT2D eigenvalue weighted by molar-refractivity contribution is 7.80. The molecule has 0 aromatic heterocycles. The Kier molecular flexibility index (Phi) is 5.12. The summed E-state index contributed by atoms with van der Waals surface area (Å²) < 4.78 is 5.16. The highest BCUT2D eigenvalue weighted by Gasteiger charge is 2.09. The van der Waals surface area contributed by atoms with Gasteiger partial charge in [0.1, 0.15) is 0 Å². The highest BCUT2D eigenvalue weighted by atomic mass is 32.1. The number of thiocarbonyl (C=S) groups is 1. The Balaban J connectivity index is 2.13. The van der Waals surface area contributed by atoms with Crippen LogP contribution in [0.2, 0.25) is 0 Å². The van der Waals surface area contributed by atoms with Crippen molar-refractivity contribution in [3.05, 3.63) is 54.1 Å². The van der Waals surface area contributed by atoms with Crippen LogP contribution in [0.3, 0.4) is 0 Å². The largest absolute Gasteiger partial charge is 0.459 e. The number of hydrogen-bond donors (Lipinski definition) is 2. The molecule has 2 aromatic carbocycles. The van der Waals surface area contributed by atoms with Gasteiger partial charge < -0.3 is 15.8 Å². The van der Waals surface area contributed by atoms with Crippen LogP contribution in [0.15, 0.2) is 48.5 Å². The summed E-state index contributed by atoms with van der Waals surface area (Å²) in [6.07, 6.45) is -0.124. The zero-order chi connectivity index (χ0) is 16.1. The summed E-state index contributed by atoms with van der Waals surface area (Å²) in [4.78, 5) is 11.8. The lowest BCUT2D eigenvalue weighted by atomic mass is 10.0. The number of rotatable bonds is 4. The summed E-state index contributed by atoms with van der Waals surface area (Å²) >= 11 is 4.80. The minimum absolute atomic E-state index is 0.124. The molecule has 22 heavy (non-hydrogen) atoms. The SMILES string of the molecule is CC(C)OC(=O)c1ccc(-c2ccc(NC(N)=S)cc2)cc1. The molecule has 0 radical (unpaired) electrons. The minimum atomic E-state index is -0.308. The third-order valence-electron chi connectivity index (χ3n) is 2.95. The first-order chi connectivity index (χ1) is 10.5. The van der Waals surface area contributed by atoms with Crippen molar-refractivity contribution < 1.29 is 9.53 Å². The molecule has 0 bridgehead atoms. The Morgan fingerprint density at radius 2 is 1.55 bits per heavy atom. The van der Waals surface area contributed by atoms with Gasteiger partial charge in [-0.1, -0.05) is 24.3 Å². The van der Waals surface area contributed by atoms with Crippen molar-refractivity contribution in [2.24, 2.45) is 5.73 Å². The monoisotopic (exact) mass is 314 g/mol. The Hall–Kier alpha value is -2.40. The number of ether oxygens (including phenoxy) is 1. The number of nitrogens with two attached hydrogens (primary N) is 1. The molecule has 0 aliphatic carbocycles. The van der Waals surface area contributed by atoms with E-state index < -0.39 is 0 Å². The molecule has 2 aromatic rings. The first-order valence-corrected chi connectivity index (χ1v) is 7.34. The molecular weight excluding hydrogens is 296 g/mol. The molecule has 0 aliphatic heterocycles. The van der Waals surface area contributed by atoms with Gasteiger partial charge in [0.25, 0.3) is 0 Å². The second-order valence-corrected chi connectivity index (χ2v) is 5.54. The van der Waals surface area contributed by atoms with Crippen molar-refractivity contribution in [2.45, 2.75) is 20.0 Å². The fraction of sp³-hybridized carbons (Fsp3) is 0.176. The van der Waals surface area contributed by atoms with E-state index in [4.69, 9.17) is 22.7 Å². The molecule has 0 heterocycles. The van der Waals surface area contributed by atoms with Gasteiger partial charge in [0.05, 0.1) is 11.7 Å². The molecule has 0 spiro atoms. The van der Waals surface area contributed by atoms with Crippen LogP contribution in [-0.2, 0) is 4.74 Å². The van der Waals surface area contributed by atoms with Crippen molar-refractivity contribution in [1.82, 2.24) is 0 Å². The first kappa shape index (κ1) is 16.0. The highest BCUT2D eigenvalue weighted by Crippen LogP contribution is 2.22. The van der Waals surface area contributed by atoms with Gasteiger partial charge in [-0.3, -0.25) is 0 Å². The molecule has 0 saturated carbocycles. The quantitative estimate of drug-likeness (QED) is 0.667. The van der Waals surface area contributed by atoms with Crippen LogP contribution < -0.4 is 11.1 Å². The van der Waals surface area contributed by atoms with E-state index in [0.717, 1.165) is 16.8 Å². The van der Waals surface area contributed by atoms with Crippen LogP contribution in [0, 0.1) is 0 Å². The Morgan fingerprint density at radius 3 is 2.00 bits per heavy atom. The van der Waals surface area contributed by atoms with Crippen LogP contribution in [0.4, 0.5) is 5.69 Å². The smallest absolute Gasteiger partial charge is 0.338 e. The summed E-state index contributed by atoms with van der Waals surface area (Å²) in [6.45, 7) is 3.66. The van der Waals surface area contributed by atoms with Crippen LogP contribution >= 0.6 is 12.2 Å². The number of benzene rings is 2. The Morgan fingerprint density at radius 1 is 1.05 bits per heavy atom. The maximum atomic E-state index is 11.8. The Labute approximate surface area is 135 Å². The molecule has 4 nitrogen and oxygen atoms in total. The molecule has 0 saturated heterocycles. The average molecular weight is 314 g/mol. The molecule has 114 valence electrons. The van der Waals surface area contributed by atoms with Crippen molar-refractivity contribution in [3.63, 3.8) is 0 Å². The zero-order valence-corrected chi connectivity index (χ0v) is 13.3. The van der Waals surface area contributed by atoms with E-state index >= 15 is 0 Å². The van der Waals surface area contributed by atoms with Crippen LogP contribution in [0.1, 0.15) is 24.2 Å². The maximum Gasteiger partial charge on any atom is 0.338 e. The van der Waals surface area contributed by atoms with E-state index in [-0.39, 0.29) is 17.2 Å². The molecule has 0 fully saturated rings. The number of hydrogen-bond acceptors (Lipinski definition) is 3. The van der Waals surface area contributed by atoms with E-state index in [2.05, 4.69) is 5.32 Å². The average Bonchev–Trinajstić information content (AvgIpc) is 2.47. The predicted molar refractivity (Wildman–Crippen MR) is 92.8 cm³/mol. The Bertz CT molecular complexity index is 664. The number of nitrogens with one attached hydrogen (secondary N) is 1. The van der Waals surface area contributed by atoms with E-state index in [1.165, 1.54) is 0 Å². The van der Waals surface area contributed by atoms with E-state index in [1.54, 1.807) is 12.1 Å². The van der Waals surface area contributed by atoms with Gasteiger partial charge >= 0.3 is 5.97 Å². The van der Waals surface area contributed by atoms with Crippen molar-refractivity contribution >= 4 is 29.0 Å². The second kappa shape index (κ2) is 7.04. The molecule has 0 amide bonds. The van der Waals surface area contributed by atoms with Crippen molar-refractivity contribution in [1.29, 1.82) is 0 Å². The predicted octanol–water partition coefficient (Wildman–Crippen LogP) is 3.57. The summed E-state index contributed by atoms with van der Waals surface area (Å²) in [7, 11) is 0. The minimum Gasteiger partial charge on any atom is -0.459 e. The third kappa shape index (κ3) is 4.30. The zero-order valence-electron chi connectivity index (χ0n) is 12.5. The third-order valence-corrected chi connectivity index (χ3v) is 3.05. The van der Waals surface area contributed by atoms with E-state index in [9.17, 15) is 4.79 Å². The summed E-state index contributed by atoms with van der Waals surface area (Å²) in [6, 6.07) is 15.0. The van der Waals surface area contributed by atoms with Crippen LogP contribution in [-0.4, -0.2) is 17.2 Å². The molecule has 0 unspecified atom stereocenters. The molecule has 5 heteroatoms. The second-order valence-electron chi connectivity index (χ2n) is 5.10. The summed E-state index contributed by atoms with van der Waals surface area (Å²) in [5.74, 6) is -0.308. The summed E-state index contributed by atoms with van der Waals surface area (Å²) in [5, 5.41) is 3.11. The number of carbonyl (C=O) groups excluding carboxylic acids is 1. The molecule has 2 rings (SSSR count). The van der Waals surface area contributed by atoms with Gasteiger partial charge in [-0.25, -0.2) is 4.79 Å². The number of esters is 1. The topological polar surface area (TPSA) is 64.3 Å². The van der Waals surface area contributed by atoms with Gasteiger partial charge in [0, 0.05) is 5.69 Å². The standard InChI is InChI=1S/C17H18N2O2S/c1-11(2)21-16(20)14-5-3-12(4-6-14)13-7-9-15(10-8-13)19-17(18)22/h3-11H,1-2H3,(H3,18,19,22). The lowest BCUT2D eigenvalue weighted by Crippen LogP contribution is -2.18. The van der Waals surface area contributed by atoms with E-state index in [0.29, 0.717) is 5.56 Å². The summed E-state index contributed by atoms with van der Waals surface area (Å²) in [5.41, 5.74) is 8.87. The van der Waals surface area contributed by atoms with Gasteiger partial charge in [-0.15, -0.1) is 0 Å². The van der Waals surface area contributed by atoms with Gasteiger partial charge in [-0.2, -0.15) is 0 Å². The van der Waals surface area contributed by atoms with Gasteiger partial charge in [-0.05, 0) is 61.5 Å². The van der Waals surface area contributed by atoms with Crippen molar-refractivity contribution in [3.8, 4) is 11.1 Å². The first-order valence-electron chi connectivity index (χ1n) is 6.93. The normalized spacial score (nSPS) is 10.3. The molecule has 3 N–H and O–H groups in total. The maximum absolute atomic E-state index is 11.8. The van der Waals surface area contributed by atoms with Crippen LogP contribution in [0.25, 0.3) is 11.1 Å². The number of carbonyl (C=O) groups is 1. The van der Waals surface area contributed by atoms with Crippen molar-refractivity contribution in [2.75, 3.05) is 5.32 Å². The lowest BCUT2D eigenvalue weighted by molar-refractivity contribution is 0.0378. The number of anilines is 1. The fourth-order valence-electron chi connectivity index (χ4n) is 1.97. The fourth-order valence-corrected chi connectivity index (χ4v) is 2.09.